The summed E-state index contributed by atoms with van der Waals surface area (Å²) in [5.41, 5.74) is 3.63. The van der Waals surface area contributed by atoms with Crippen LogP contribution in [-0.2, 0) is 25.8 Å². The van der Waals surface area contributed by atoms with Crippen LogP contribution in [0.25, 0.3) is 0 Å². The quantitative estimate of drug-likeness (QED) is 0.303. The van der Waals surface area contributed by atoms with Crippen LogP contribution < -0.4 is 4.74 Å². The third-order valence-electron chi connectivity index (χ3n) is 4.11. The summed E-state index contributed by atoms with van der Waals surface area (Å²) in [5.74, 6) is 6.12. The molecule has 0 aliphatic heterocycles. The minimum atomic E-state index is -0.603. The van der Waals surface area contributed by atoms with Crippen LogP contribution in [0.1, 0.15) is 29.2 Å². The van der Waals surface area contributed by atoms with E-state index in [1.54, 1.807) is 20.1 Å². The van der Waals surface area contributed by atoms with Crippen LogP contribution in [0.4, 0.5) is 0 Å². The second-order valence-corrected chi connectivity index (χ2v) is 6.14. The van der Waals surface area contributed by atoms with Crippen LogP contribution in [-0.4, -0.2) is 38.7 Å². The highest BCUT2D eigenvalue weighted by Gasteiger charge is 2.20. The van der Waals surface area contributed by atoms with Crippen molar-refractivity contribution in [3.05, 3.63) is 64.7 Å². The van der Waals surface area contributed by atoms with E-state index >= 15 is 0 Å². The maximum atomic E-state index is 12.1. The molecule has 2 rings (SSSR count). The third-order valence-corrected chi connectivity index (χ3v) is 4.11. The number of carbonyl (C=O) groups is 1. The molecule has 0 amide bonds. The number of oxime groups is 2. The van der Waals surface area contributed by atoms with Gasteiger partial charge in [0.15, 0.2) is 5.71 Å². The molecule has 0 radical (unpaired) electrons. The Hall–Kier alpha value is -3.79. The molecule has 0 heterocycles. The topological polar surface area (TPSA) is 78.7 Å². The summed E-state index contributed by atoms with van der Waals surface area (Å²) in [6.45, 7) is 3.79. The van der Waals surface area contributed by atoms with E-state index in [9.17, 15) is 4.79 Å². The van der Waals surface area contributed by atoms with Gasteiger partial charge in [0.25, 0.3) is 0 Å². The number of benzene rings is 2. The Morgan fingerprint density at radius 2 is 1.77 bits per heavy atom. The van der Waals surface area contributed by atoms with Gasteiger partial charge in [0.2, 0.25) is 0 Å². The molecule has 2 aromatic carbocycles. The fourth-order valence-electron chi connectivity index (χ4n) is 2.55. The van der Waals surface area contributed by atoms with Crippen LogP contribution in [0, 0.1) is 18.8 Å². The average Bonchev–Trinajstić information content (AvgIpc) is 2.77. The summed E-state index contributed by atoms with van der Waals surface area (Å²) in [6.07, 6.45) is 0. The van der Waals surface area contributed by atoms with E-state index in [2.05, 4.69) is 22.2 Å². The Morgan fingerprint density at radius 3 is 2.40 bits per heavy atom. The molecular weight excluding hydrogens is 384 g/mol. The molecule has 2 aromatic rings. The fraction of sp³-hybridized carbons (Fsp3) is 0.261. The zero-order valence-corrected chi connectivity index (χ0v) is 17.7. The van der Waals surface area contributed by atoms with E-state index < -0.39 is 5.97 Å². The Balaban J connectivity index is 2.16. The van der Waals surface area contributed by atoms with E-state index in [0.717, 1.165) is 22.4 Å². The second-order valence-electron chi connectivity index (χ2n) is 6.14. The Labute approximate surface area is 176 Å². The molecule has 156 valence electrons. The average molecular weight is 408 g/mol. The van der Waals surface area contributed by atoms with Gasteiger partial charge in [0.1, 0.15) is 25.2 Å². The minimum absolute atomic E-state index is 0.0577. The monoisotopic (exact) mass is 408 g/mol. The number of esters is 1. The lowest BCUT2D eigenvalue weighted by atomic mass is 9.99. The van der Waals surface area contributed by atoms with Gasteiger partial charge in [-0.05, 0) is 49.6 Å². The van der Waals surface area contributed by atoms with E-state index in [4.69, 9.17) is 19.1 Å². The summed E-state index contributed by atoms with van der Waals surface area (Å²) >= 11 is 0. The highest BCUT2D eigenvalue weighted by atomic mass is 16.6. The fourth-order valence-corrected chi connectivity index (χ4v) is 2.55. The standard InChI is InChI=1S/C23H24N2O5/c1-16-7-6-8-20(22(25-29-5)23(26)28-4)21(16)15-30-24-17(2)9-10-18-11-13-19(27-3)14-12-18/h6-8,11-14H,15H2,1-5H3/b24-17+,25-22+. The van der Waals surface area contributed by atoms with Crippen molar-refractivity contribution in [2.24, 2.45) is 10.3 Å². The molecule has 0 atom stereocenters. The van der Waals surface area contributed by atoms with Gasteiger partial charge in [-0.1, -0.05) is 34.4 Å². The van der Waals surface area contributed by atoms with Crippen molar-refractivity contribution in [3.63, 3.8) is 0 Å². The van der Waals surface area contributed by atoms with Crippen LogP contribution in [0.5, 0.6) is 5.75 Å². The summed E-state index contributed by atoms with van der Waals surface area (Å²) < 4.78 is 9.93. The van der Waals surface area contributed by atoms with Gasteiger partial charge in [-0.2, -0.15) is 0 Å². The van der Waals surface area contributed by atoms with Crippen LogP contribution in [0.15, 0.2) is 52.8 Å². The zero-order chi connectivity index (χ0) is 21.9. The Bertz CT molecular complexity index is 998. The minimum Gasteiger partial charge on any atom is -0.497 e. The molecule has 0 unspecified atom stereocenters. The van der Waals surface area contributed by atoms with Crippen molar-refractivity contribution in [3.8, 4) is 17.6 Å². The van der Waals surface area contributed by atoms with Crippen molar-refractivity contribution in [1.29, 1.82) is 0 Å². The maximum Gasteiger partial charge on any atom is 0.360 e. The molecule has 0 bridgehead atoms. The predicted molar refractivity (Wildman–Crippen MR) is 115 cm³/mol. The SMILES string of the molecule is CO/N=C(/C(=O)OC)c1cccc(C)c1CO/N=C(\C)C#Cc1ccc(OC)cc1. The first-order chi connectivity index (χ1) is 14.5. The van der Waals surface area contributed by atoms with Crippen LogP contribution >= 0.6 is 0 Å². The summed E-state index contributed by atoms with van der Waals surface area (Å²) in [5, 5.41) is 7.86. The van der Waals surface area contributed by atoms with E-state index in [-0.39, 0.29) is 12.3 Å². The molecule has 0 fully saturated rings. The van der Waals surface area contributed by atoms with Crippen molar-refractivity contribution in [2.75, 3.05) is 21.3 Å². The molecule has 0 saturated heterocycles. The molecule has 0 saturated carbocycles. The highest BCUT2D eigenvalue weighted by Crippen LogP contribution is 2.18. The zero-order valence-electron chi connectivity index (χ0n) is 17.7. The number of nitrogens with zero attached hydrogens (tertiary/aromatic N) is 2. The summed E-state index contributed by atoms with van der Waals surface area (Å²) in [4.78, 5) is 22.4. The van der Waals surface area contributed by atoms with Gasteiger partial charge in [-0.25, -0.2) is 4.79 Å². The molecule has 0 aliphatic rings. The lowest BCUT2D eigenvalue weighted by Crippen LogP contribution is -2.20. The van der Waals surface area contributed by atoms with Crippen molar-refractivity contribution in [2.45, 2.75) is 20.5 Å². The molecule has 30 heavy (non-hydrogen) atoms. The molecule has 0 spiro atoms. The maximum absolute atomic E-state index is 12.1. The lowest BCUT2D eigenvalue weighted by Gasteiger charge is -2.12. The number of methoxy groups -OCH3 is 2. The summed E-state index contributed by atoms with van der Waals surface area (Å²) in [6, 6.07) is 12.9. The Morgan fingerprint density at radius 1 is 1.03 bits per heavy atom. The van der Waals surface area contributed by atoms with Crippen molar-refractivity contribution in [1.82, 2.24) is 0 Å². The van der Waals surface area contributed by atoms with Gasteiger partial charge in [-0.3, -0.25) is 0 Å². The predicted octanol–water partition coefficient (Wildman–Crippen LogP) is 3.47. The number of ether oxygens (including phenoxy) is 2. The van der Waals surface area contributed by atoms with Gasteiger partial charge < -0.3 is 19.1 Å². The van der Waals surface area contributed by atoms with E-state index in [1.165, 1.54) is 14.2 Å². The molecule has 0 aromatic heterocycles. The normalized spacial score (nSPS) is 11.2. The van der Waals surface area contributed by atoms with Crippen LogP contribution in [0.2, 0.25) is 0 Å². The van der Waals surface area contributed by atoms with Gasteiger partial charge in [-0.15, -0.1) is 0 Å². The number of hydrogen-bond donors (Lipinski definition) is 0. The Kier molecular flexibility index (Phi) is 8.45. The van der Waals surface area contributed by atoms with Crippen molar-refractivity contribution < 1.29 is 23.9 Å². The van der Waals surface area contributed by atoms with E-state index in [1.807, 2.05) is 43.3 Å². The first-order valence-corrected chi connectivity index (χ1v) is 9.11. The molecule has 7 heteroatoms. The molecular formula is C23H24N2O5. The van der Waals surface area contributed by atoms with Crippen LogP contribution in [0.3, 0.4) is 0 Å². The van der Waals surface area contributed by atoms with E-state index in [0.29, 0.717) is 11.3 Å². The molecule has 7 nitrogen and oxygen atoms in total. The number of rotatable bonds is 7. The number of hydrogen-bond acceptors (Lipinski definition) is 7. The van der Waals surface area contributed by atoms with Gasteiger partial charge in [0.05, 0.1) is 14.2 Å². The summed E-state index contributed by atoms with van der Waals surface area (Å²) in [7, 11) is 4.27. The lowest BCUT2D eigenvalue weighted by molar-refractivity contribution is -0.132. The number of aryl methyl sites for hydroxylation is 1. The molecule has 0 N–H and O–H groups in total. The van der Waals surface area contributed by atoms with Crippen molar-refractivity contribution >= 4 is 17.4 Å². The highest BCUT2D eigenvalue weighted by molar-refractivity contribution is 6.43. The van der Waals surface area contributed by atoms with Gasteiger partial charge in [0, 0.05) is 16.7 Å². The second kappa shape index (κ2) is 11.3. The number of carbonyl (C=O) groups excluding carboxylic acids is 1. The molecule has 0 aliphatic carbocycles. The van der Waals surface area contributed by atoms with Gasteiger partial charge >= 0.3 is 5.97 Å². The first kappa shape index (κ1) is 22.5. The third kappa shape index (κ3) is 6.11. The first-order valence-electron chi connectivity index (χ1n) is 9.11. The smallest absolute Gasteiger partial charge is 0.360 e. The largest absolute Gasteiger partial charge is 0.497 e.